The van der Waals surface area contributed by atoms with Crippen molar-refractivity contribution < 1.29 is 4.39 Å². The molecule has 5 nitrogen and oxygen atoms in total. The molecule has 0 radical (unpaired) electrons. The molecule has 0 aromatic carbocycles. The zero-order valence-corrected chi connectivity index (χ0v) is 5.90. The van der Waals surface area contributed by atoms with Gasteiger partial charge in [0.25, 0.3) is 0 Å². The molecule has 58 valence electrons. The van der Waals surface area contributed by atoms with Crippen molar-refractivity contribution in [1.29, 1.82) is 0 Å². The Morgan fingerprint density at radius 2 is 2.64 bits per heavy atom. The van der Waals surface area contributed by atoms with Crippen LogP contribution in [0, 0.1) is 5.82 Å². The van der Waals surface area contributed by atoms with E-state index < -0.39 is 5.82 Å². The Bertz CT molecular complexity index is 298. The monoisotopic (exact) mass is 155 g/mol. The lowest BCUT2D eigenvalue weighted by molar-refractivity contribution is 0.610. The molecule has 0 N–H and O–H groups in total. The minimum Gasteiger partial charge on any atom is -0.272 e. The summed E-state index contributed by atoms with van der Waals surface area (Å²) in [6.07, 6.45) is 1.22. The minimum absolute atomic E-state index is 0.0385. The summed E-state index contributed by atoms with van der Waals surface area (Å²) in [7, 11) is 1.60. The molecule has 0 amide bonds. The van der Waals surface area contributed by atoms with Crippen molar-refractivity contribution in [3.63, 3.8) is 0 Å². The molecule has 1 heterocycles. The third kappa shape index (κ3) is 1.68. The van der Waals surface area contributed by atoms with E-state index in [1.54, 1.807) is 7.05 Å². The van der Waals surface area contributed by atoms with Crippen LogP contribution in [0.2, 0.25) is 0 Å². The van der Waals surface area contributed by atoms with Gasteiger partial charge in [-0.15, -0.1) is 0 Å². The summed E-state index contributed by atoms with van der Waals surface area (Å²) in [5.74, 6) is -0.445. The second-order valence-corrected chi connectivity index (χ2v) is 1.99. The van der Waals surface area contributed by atoms with E-state index in [9.17, 15) is 4.39 Å². The molecule has 0 aliphatic rings. The Balaban J connectivity index is 2.85. The van der Waals surface area contributed by atoms with Gasteiger partial charge in [-0.2, -0.15) is 5.10 Å². The lowest BCUT2D eigenvalue weighted by atomic mass is 10.4. The topological polar surface area (TPSA) is 66.6 Å². The number of aryl methyl sites for hydroxylation is 1. The summed E-state index contributed by atoms with van der Waals surface area (Å²) in [6, 6.07) is 0. The van der Waals surface area contributed by atoms with Crippen molar-refractivity contribution in [1.82, 2.24) is 9.78 Å². The summed E-state index contributed by atoms with van der Waals surface area (Å²) in [5, 5.41) is 6.91. The fraction of sp³-hybridized carbons (Fsp3) is 0.400. The summed E-state index contributed by atoms with van der Waals surface area (Å²) in [6.45, 7) is -0.0385. The first-order valence-electron chi connectivity index (χ1n) is 2.93. The maximum atomic E-state index is 12.7. The van der Waals surface area contributed by atoms with Gasteiger partial charge in [0.05, 0.1) is 12.7 Å². The van der Waals surface area contributed by atoms with Crippen molar-refractivity contribution >= 4 is 0 Å². The van der Waals surface area contributed by atoms with E-state index in [1.165, 1.54) is 10.9 Å². The Labute approximate surface area is 62.1 Å². The molecule has 0 aliphatic carbocycles. The molecule has 1 aromatic rings. The average Bonchev–Trinajstić information content (AvgIpc) is 2.26. The molecular formula is C5H6FN5. The van der Waals surface area contributed by atoms with E-state index in [0.29, 0.717) is 0 Å². The van der Waals surface area contributed by atoms with Crippen molar-refractivity contribution in [2.45, 2.75) is 6.54 Å². The predicted molar refractivity (Wildman–Crippen MR) is 36.0 cm³/mol. The van der Waals surface area contributed by atoms with Crippen LogP contribution in [0.5, 0.6) is 0 Å². The molecule has 0 unspecified atom stereocenters. The van der Waals surface area contributed by atoms with E-state index in [-0.39, 0.29) is 12.2 Å². The van der Waals surface area contributed by atoms with Crippen molar-refractivity contribution in [3.05, 3.63) is 28.2 Å². The summed E-state index contributed by atoms with van der Waals surface area (Å²) in [4.78, 5) is 2.49. The van der Waals surface area contributed by atoms with E-state index in [4.69, 9.17) is 5.53 Å². The first kappa shape index (κ1) is 7.56. The van der Waals surface area contributed by atoms with Gasteiger partial charge in [0.1, 0.15) is 5.69 Å². The highest BCUT2D eigenvalue weighted by Gasteiger charge is 2.03. The molecule has 0 atom stereocenters. The standard InChI is InChI=1S/C5H6FN5/c1-11-3-4(6)5(9-11)2-8-10-7/h3H,2H2,1H3. The third-order valence-corrected chi connectivity index (χ3v) is 1.14. The van der Waals surface area contributed by atoms with Crippen LogP contribution in [0.15, 0.2) is 11.3 Å². The van der Waals surface area contributed by atoms with E-state index in [1.807, 2.05) is 0 Å². The number of aromatic nitrogens is 2. The van der Waals surface area contributed by atoms with E-state index >= 15 is 0 Å². The third-order valence-electron chi connectivity index (χ3n) is 1.14. The molecule has 0 aliphatic heterocycles. The molecule has 1 aromatic heterocycles. The summed E-state index contributed by atoms with van der Waals surface area (Å²) >= 11 is 0. The number of hydrogen-bond acceptors (Lipinski definition) is 2. The molecular weight excluding hydrogens is 149 g/mol. The van der Waals surface area contributed by atoms with Gasteiger partial charge in [0.2, 0.25) is 0 Å². The second kappa shape index (κ2) is 3.03. The molecule has 0 fully saturated rings. The van der Waals surface area contributed by atoms with Crippen LogP contribution in [0.1, 0.15) is 5.69 Å². The molecule has 11 heavy (non-hydrogen) atoms. The van der Waals surface area contributed by atoms with Crippen LogP contribution < -0.4 is 0 Å². The van der Waals surface area contributed by atoms with Crippen LogP contribution in [0.25, 0.3) is 10.4 Å². The molecule has 0 spiro atoms. The average molecular weight is 155 g/mol. The number of azide groups is 1. The van der Waals surface area contributed by atoms with Crippen LogP contribution in [-0.4, -0.2) is 9.78 Å². The lowest BCUT2D eigenvalue weighted by Crippen LogP contribution is -1.89. The Morgan fingerprint density at radius 1 is 1.91 bits per heavy atom. The van der Waals surface area contributed by atoms with Gasteiger partial charge in [-0.1, -0.05) is 5.11 Å². The number of rotatable bonds is 2. The first-order chi connectivity index (χ1) is 5.24. The second-order valence-electron chi connectivity index (χ2n) is 1.99. The highest BCUT2D eigenvalue weighted by Crippen LogP contribution is 2.04. The fourth-order valence-electron chi connectivity index (χ4n) is 0.711. The molecule has 0 saturated carbocycles. The summed E-state index contributed by atoms with van der Waals surface area (Å²) < 4.78 is 14.0. The summed E-state index contributed by atoms with van der Waals surface area (Å²) in [5.41, 5.74) is 8.10. The van der Waals surface area contributed by atoms with Crippen LogP contribution >= 0.6 is 0 Å². The van der Waals surface area contributed by atoms with Gasteiger partial charge in [-0.3, -0.25) is 4.68 Å². The molecule has 0 saturated heterocycles. The van der Waals surface area contributed by atoms with Crippen LogP contribution in [0.4, 0.5) is 4.39 Å². The fourth-order valence-corrected chi connectivity index (χ4v) is 0.711. The maximum Gasteiger partial charge on any atom is 0.164 e. The highest BCUT2D eigenvalue weighted by atomic mass is 19.1. The first-order valence-corrected chi connectivity index (χ1v) is 2.93. The SMILES string of the molecule is Cn1cc(F)c(CN=[N+]=[N-])n1. The van der Waals surface area contributed by atoms with Crippen molar-refractivity contribution in [3.8, 4) is 0 Å². The van der Waals surface area contributed by atoms with Gasteiger partial charge in [-0.25, -0.2) is 4.39 Å². The van der Waals surface area contributed by atoms with Crippen molar-refractivity contribution in [2.24, 2.45) is 12.2 Å². The number of nitrogens with zero attached hydrogens (tertiary/aromatic N) is 5. The van der Waals surface area contributed by atoms with Gasteiger partial charge in [0.15, 0.2) is 5.82 Å². The van der Waals surface area contributed by atoms with E-state index in [2.05, 4.69) is 15.1 Å². The Kier molecular flexibility index (Phi) is 2.08. The predicted octanol–water partition coefficient (Wildman–Crippen LogP) is 1.37. The minimum atomic E-state index is -0.445. The highest BCUT2D eigenvalue weighted by molar-refractivity contribution is 5.02. The quantitative estimate of drug-likeness (QED) is 0.361. The maximum absolute atomic E-state index is 12.7. The smallest absolute Gasteiger partial charge is 0.164 e. The zero-order valence-electron chi connectivity index (χ0n) is 5.90. The van der Waals surface area contributed by atoms with Gasteiger partial charge in [-0.05, 0) is 5.53 Å². The normalized spacial score (nSPS) is 9.27. The Morgan fingerprint density at radius 3 is 3.09 bits per heavy atom. The molecule has 6 heteroatoms. The largest absolute Gasteiger partial charge is 0.272 e. The lowest BCUT2D eigenvalue weighted by Gasteiger charge is -1.84. The number of halogens is 1. The van der Waals surface area contributed by atoms with Gasteiger partial charge < -0.3 is 0 Å². The molecule has 0 bridgehead atoms. The van der Waals surface area contributed by atoms with Gasteiger partial charge in [0, 0.05) is 12.0 Å². The molecule has 1 rings (SSSR count). The number of hydrogen-bond donors (Lipinski definition) is 0. The van der Waals surface area contributed by atoms with Crippen molar-refractivity contribution in [2.75, 3.05) is 0 Å². The van der Waals surface area contributed by atoms with Crippen LogP contribution in [-0.2, 0) is 13.6 Å². The zero-order chi connectivity index (χ0) is 8.27. The van der Waals surface area contributed by atoms with E-state index in [0.717, 1.165) is 0 Å². The van der Waals surface area contributed by atoms with Gasteiger partial charge >= 0.3 is 0 Å². The van der Waals surface area contributed by atoms with Crippen LogP contribution in [0.3, 0.4) is 0 Å². The Hall–Kier alpha value is -1.55.